The van der Waals surface area contributed by atoms with E-state index >= 15 is 0 Å². The molecule has 1 saturated heterocycles. The van der Waals surface area contributed by atoms with Crippen LogP contribution in [-0.4, -0.2) is 38.9 Å². The van der Waals surface area contributed by atoms with E-state index in [2.05, 4.69) is 11.6 Å². The predicted octanol–water partition coefficient (Wildman–Crippen LogP) is 2.49. The number of nitrogens with zero attached hydrogens (tertiary/aromatic N) is 1. The summed E-state index contributed by atoms with van der Waals surface area (Å²) in [5.41, 5.74) is 0.437. The quantitative estimate of drug-likeness (QED) is 0.897. The number of sulfonamides is 1. The second kappa shape index (κ2) is 7.45. The zero-order chi connectivity index (χ0) is 17.0. The number of rotatable bonds is 5. The molecular weight excluding hydrogens is 312 g/mol. The lowest BCUT2D eigenvalue weighted by Gasteiger charge is -2.30. The average Bonchev–Trinajstić information content (AvgIpc) is 2.53. The molecule has 5 nitrogen and oxygen atoms in total. The Morgan fingerprint density at radius 3 is 2.57 bits per heavy atom. The van der Waals surface area contributed by atoms with Gasteiger partial charge in [-0.1, -0.05) is 26.8 Å². The molecule has 0 unspecified atom stereocenters. The van der Waals surface area contributed by atoms with Crippen molar-refractivity contribution in [1.29, 1.82) is 0 Å². The van der Waals surface area contributed by atoms with Crippen molar-refractivity contribution in [3.05, 3.63) is 29.8 Å². The van der Waals surface area contributed by atoms with E-state index in [1.165, 1.54) is 12.1 Å². The maximum atomic E-state index is 12.6. The molecule has 1 aliphatic rings. The maximum Gasteiger partial charge on any atom is 0.253 e. The van der Waals surface area contributed by atoms with Crippen LogP contribution in [0.15, 0.2) is 29.2 Å². The predicted molar refractivity (Wildman–Crippen MR) is 90.8 cm³/mol. The fraction of sp³-hybridized carbons (Fsp3) is 0.588. The number of nitrogens with one attached hydrogen (secondary N) is 1. The molecule has 2 rings (SSSR count). The molecule has 1 aliphatic heterocycles. The van der Waals surface area contributed by atoms with E-state index in [4.69, 9.17) is 0 Å². The third-order valence-electron chi connectivity index (χ3n) is 4.14. The van der Waals surface area contributed by atoms with Gasteiger partial charge in [0.05, 0.1) is 4.90 Å². The lowest BCUT2D eigenvalue weighted by atomic mass is 9.98. The lowest BCUT2D eigenvalue weighted by molar-refractivity contribution is 0.0697. The Hall–Kier alpha value is -1.40. The van der Waals surface area contributed by atoms with E-state index in [9.17, 15) is 13.2 Å². The monoisotopic (exact) mass is 338 g/mol. The first-order valence-corrected chi connectivity index (χ1v) is 9.67. The molecule has 0 aromatic heterocycles. The molecule has 1 fully saturated rings. The smallest absolute Gasteiger partial charge is 0.253 e. The molecule has 0 atom stereocenters. The molecular formula is C17H26N2O3S. The summed E-state index contributed by atoms with van der Waals surface area (Å²) >= 11 is 0. The van der Waals surface area contributed by atoms with Gasteiger partial charge in [-0.2, -0.15) is 0 Å². The fourth-order valence-electron chi connectivity index (χ4n) is 2.55. The van der Waals surface area contributed by atoms with E-state index in [0.29, 0.717) is 18.0 Å². The SMILES string of the molecule is CC(C)CNS(=O)(=O)c1cccc(C(=O)N2CCC(C)CC2)c1. The number of hydrogen-bond acceptors (Lipinski definition) is 3. The van der Waals surface area contributed by atoms with Gasteiger partial charge in [0.25, 0.3) is 5.91 Å². The van der Waals surface area contributed by atoms with Crippen LogP contribution in [0.4, 0.5) is 0 Å². The van der Waals surface area contributed by atoms with Crippen LogP contribution in [0.3, 0.4) is 0 Å². The third-order valence-corrected chi connectivity index (χ3v) is 5.56. The van der Waals surface area contributed by atoms with Crippen LogP contribution in [0.25, 0.3) is 0 Å². The van der Waals surface area contributed by atoms with Gasteiger partial charge >= 0.3 is 0 Å². The van der Waals surface area contributed by atoms with Crippen LogP contribution in [0.5, 0.6) is 0 Å². The number of amides is 1. The Morgan fingerprint density at radius 2 is 1.96 bits per heavy atom. The van der Waals surface area contributed by atoms with Crippen molar-refractivity contribution >= 4 is 15.9 Å². The molecule has 0 saturated carbocycles. The highest BCUT2D eigenvalue weighted by molar-refractivity contribution is 7.89. The summed E-state index contributed by atoms with van der Waals surface area (Å²) in [6.07, 6.45) is 2.00. The number of likely N-dealkylation sites (tertiary alicyclic amines) is 1. The number of benzene rings is 1. The first kappa shape index (κ1) is 17.9. The van der Waals surface area contributed by atoms with Gasteiger partial charge in [0.15, 0.2) is 0 Å². The van der Waals surface area contributed by atoms with E-state index in [-0.39, 0.29) is 16.7 Å². The summed E-state index contributed by atoms with van der Waals surface area (Å²) in [6.45, 7) is 7.94. The standard InChI is InChI=1S/C17H26N2O3S/c1-13(2)12-18-23(21,22)16-6-4-5-15(11-16)17(20)19-9-7-14(3)8-10-19/h4-6,11,13-14,18H,7-10,12H2,1-3H3. The van der Waals surface area contributed by atoms with Gasteiger partial charge in [0.1, 0.15) is 0 Å². The van der Waals surface area contributed by atoms with E-state index in [1.807, 2.05) is 18.7 Å². The van der Waals surface area contributed by atoms with Crippen LogP contribution >= 0.6 is 0 Å². The van der Waals surface area contributed by atoms with E-state index in [0.717, 1.165) is 25.9 Å². The topological polar surface area (TPSA) is 66.5 Å². The summed E-state index contributed by atoms with van der Waals surface area (Å²) in [6, 6.07) is 6.31. The number of carbonyl (C=O) groups is 1. The highest BCUT2D eigenvalue weighted by Gasteiger charge is 2.23. The summed E-state index contributed by atoms with van der Waals surface area (Å²) in [5.74, 6) is 0.786. The van der Waals surface area contributed by atoms with Crippen LogP contribution in [0.1, 0.15) is 44.0 Å². The van der Waals surface area contributed by atoms with Gasteiger partial charge in [0.2, 0.25) is 10.0 Å². The minimum Gasteiger partial charge on any atom is -0.339 e. The third kappa shape index (κ3) is 4.78. The number of piperidine rings is 1. The van der Waals surface area contributed by atoms with Crippen molar-refractivity contribution < 1.29 is 13.2 Å². The largest absolute Gasteiger partial charge is 0.339 e. The maximum absolute atomic E-state index is 12.6. The summed E-state index contributed by atoms with van der Waals surface area (Å²) in [5, 5.41) is 0. The molecule has 1 heterocycles. The first-order chi connectivity index (χ1) is 10.8. The summed E-state index contributed by atoms with van der Waals surface area (Å²) in [7, 11) is -3.57. The van der Waals surface area contributed by atoms with Crippen molar-refractivity contribution in [2.45, 2.75) is 38.5 Å². The normalized spacial score (nSPS) is 16.8. The molecule has 128 valence electrons. The van der Waals surface area contributed by atoms with Gasteiger partial charge in [-0.25, -0.2) is 13.1 Å². The zero-order valence-electron chi connectivity index (χ0n) is 14.1. The summed E-state index contributed by atoms with van der Waals surface area (Å²) in [4.78, 5) is 14.5. The second-order valence-corrected chi connectivity index (χ2v) is 8.52. The van der Waals surface area contributed by atoms with Crippen LogP contribution < -0.4 is 4.72 Å². The van der Waals surface area contributed by atoms with Gasteiger partial charge < -0.3 is 4.90 Å². The second-order valence-electron chi connectivity index (χ2n) is 6.75. The highest BCUT2D eigenvalue weighted by atomic mass is 32.2. The molecule has 0 spiro atoms. The molecule has 1 N–H and O–H groups in total. The Balaban J connectivity index is 2.14. The van der Waals surface area contributed by atoms with Gasteiger partial charge in [-0.3, -0.25) is 4.79 Å². The van der Waals surface area contributed by atoms with E-state index < -0.39 is 10.0 Å². The molecule has 0 aliphatic carbocycles. The molecule has 1 aromatic rings. The van der Waals surface area contributed by atoms with Gasteiger partial charge in [0, 0.05) is 25.2 Å². The van der Waals surface area contributed by atoms with Crippen molar-refractivity contribution in [3.8, 4) is 0 Å². The Kier molecular flexibility index (Phi) is 5.81. The minimum absolute atomic E-state index is 0.0854. The van der Waals surface area contributed by atoms with Crippen LogP contribution in [0.2, 0.25) is 0 Å². The number of carbonyl (C=O) groups excluding carboxylic acids is 1. The molecule has 1 amide bonds. The molecule has 0 radical (unpaired) electrons. The van der Waals surface area contributed by atoms with Crippen molar-refractivity contribution in [1.82, 2.24) is 9.62 Å². The highest BCUT2D eigenvalue weighted by Crippen LogP contribution is 2.19. The zero-order valence-corrected chi connectivity index (χ0v) is 14.9. The Labute approximate surface area is 139 Å². The van der Waals surface area contributed by atoms with Crippen molar-refractivity contribution in [3.63, 3.8) is 0 Å². The van der Waals surface area contributed by atoms with Crippen LogP contribution in [0, 0.1) is 11.8 Å². The van der Waals surface area contributed by atoms with E-state index in [1.54, 1.807) is 12.1 Å². The minimum atomic E-state index is -3.57. The molecule has 23 heavy (non-hydrogen) atoms. The molecule has 6 heteroatoms. The van der Waals surface area contributed by atoms with Gasteiger partial charge in [-0.05, 0) is 42.9 Å². The molecule has 0 bridgehead atoms. The van der Waals surface area contributed by atoms with Crippen molar-refractivity contribution in [2.24, 2.45) is 11.8 Å². The Morgan fingerprint density at radius 1 is 1.30 bits per heavy atom. The fourth-order valence-corrected chi connectivity index (χ4v) is 3.81. The van der Waals surface area contributed by atoms with Crippen LogP contribution in [-0.2, 0) is 10.0 Å². The summed E-state index contributed by atoms with van der Waals surface area (Å²) < 4.78 is 27.2. The molecule has 1 aromatic carbocycles. The number of hydrogen-bond donors (Lipinski definition) is 1. The Bertz CT molecular complexity index is 648. The van der Waals surface area contributed by atoms with Crippen molar-refractivity contribution in [2.75, 3.05) is 19.6 Å². The average molecular weight is 338 g/mol. The first-order valence-electron chi connectivity index (χ1n) is 8.18. The lowest BCUT2D eigenvalue weighted by Crippen LogP contribution is -2.38. The van der Waals surface area contributed by atoms with Gasteiger partial charge in [-0.15, -0.1) is 0 Å².